The van der Waals surface area contributed by atoms with Crippen molar-refractivity contribution in [3.8, 4) is 5.75 Å². The summed E-state index contributed by atoms with van der Waals surface area (Å²) in [6.07, 6.45) is 1.77. The predicted molar refractivity (Wildman–Crippen MR) is 71.1 cm³/mol. The highest BCUT2D eigenvalue weighted by Gasteiger charge is 2.11. The minimum atomic E-state index is -0.417. The van der Waals surface area contributed by atoms with Gasteiger partial charge in [-0.25, -0.2) is 4.79 Å². The van der Waals surface area contributed by atoms with Crippen LogP contribution in [0.2, 0.25) is 0 Å². The van der Waals surface area contributed by atoms with Crippen LogP contribution in [0, 0.1) is 0 Å². The van der Waals surface area contributed by atoms with E-state index in [0.29, 0.717) is 17.1 Å². The Balaban J connectivity index is 2.06. The molecule has 98 valence electrons. The second-order valence-corrected chi connectivity index (χ2v) is 4.10. The van der Waals surface area contributed by atoms with Gasteiger partial charge in [0.1, 0.15) is 11.4 Å². The number of nitrogens with one attached hydrogen (secondary N) is 1. The van der Waals surface area contributed by atoms with Gasteiger partial charge in [0, 0.05) is 25.9 Å². The molecule has 0 saturated carbocycles. The van der Waals surface area contributed by atoms with Gasteiger partial charge in [0.25, 0.3) is 0 Å². The molecule has 0 atom stereocenters. The van der Waals surface area contributed by atoms with Crippen molar-refractivity contribution in [3.63, 3.8) is 0 Å². The van der Waals surface area contributed by atoms with E-state index >= 15 is 0 Å². The number of carbonyl (C=O) groups excluding carboxylic acids is 2. The molecule has 0 bridgehead atoms. The third-order valence-electron chi connectivity index (χ3n) is 2.54. The zero-order valence-electron chi connectivity index (χ0n) is 10.7. The van der Waals surface area contributed by atoms with E-state index in [4.69, 9.17) is 4.74 Å². The molecular weight excluding hydrogens is 244 g/mol. The first-order valence-electron chi connectivity index (χ1n) is 5.77. The molecule has 19 heavy (non-hydrogen) atoms. The Hall–Kier alpha value is -2.56. The van der Waals surface area contributed by atoms with Crippen LogP contribution in [0.5, 0.6) is 5.75 Å². The summed E-state index contributed by atoms with van der Waals surface area (Å²) in [4.78, 5) is 22.7. The smallest absolute Gasteiger partial charge is 0.360 e. The van der Waals surface area contributed by atoms with Crippen molar-refractivity contribution in [1.29, 1.82) is 0 Å². The molecule has 0 radical (unpaired) electrons. The molecule has 0 unspecified atom stereocenters. The van der Waals surface area contributed by atoms with Gasteiger partial charge in [-0.2, -0.15) is 0 Å². The molecule has 1 aromatic carbocycles. The van der Waals surface area contributed by atoms with Crippen molar-refractivity contribution in [2.24, 2.45) is 7.05 Å². The average molecular weight is 258 g/mol. The Morgan fingerprint density at radius 1 is 1.16 bits per heavy atom. The molecule has 1 aromatic heterocycles. The third kappa shape index (κ3) is 3.22. The first-order valence-corrected chi connectivity index (χ1v) is 5.77. The maximum absolute atomic E-state index is 11.8. The largest absolute Gasteiger partial charge is 0.422 e. The second kappa shape index (κ2) is 5.39. The summed E-state index contributed by atoms with van der Waals surface area (Å²) >= 11 is 0. The monoisotopic (exact) mass is 258 g/mol. The zero-order chi connectivity index (χ0) is 13.8. The summed E-state index contributed by atoms with van der Waals surface area (Å²) < 4.78 is 6.92. The number of amides is 1. The van der Waals surface area contributed by atoms with Crippen LogP contribution in [-0.4, -0.2) is 16.4 Å². The molecule has 0 aliphatic heterocycles. The van der Waals surface area contributed by atoms with E-state index < -0.39 is 5.97 Å². The molecule has 5 heteroatoms. The molecule has 0 saturated heterocycles. The second-order valence-electron chi connectivity index (χ2n) is 4.10. The van der Waals surface area contributed by atoms with Gasteiger partial charge in [-0.05, 0) is 36.4 Å². The molecule has 5 nitrogen and oxygen atoms in total. The predicted octanol–water partition coefficient (Wildman–Crippen LogP) is 2.20. The Morgan fingerprint density at radius 2 is 1.84 bits per heavy atom. The van der Waals surface area contributed by atoms with Crippen molar-refractivity contribution in [3.05, 3.63) is 48.3 Å². The molecule has 1 N–H and O–H groups in total. The number of carbonyl (C=O) groups is 2. The number of rotatable bonds is 3. The van der Waals surface area contributed by atoms with Gasteiger partial charge in [0.15, 0.2) is 0 Å². The molecule has 0 aliphatic rings. The van der Waals surface area contributed by atoms with Gasteiger partial charge >= 0.3 is 5.97 Å². The fraction of sp³-hybridized carbons (Fsp3) is 0.143. The summed E-state index contributed by atoms with van der Waals surface area (Å²) in [7, 11) is 1.77. The number of hydrogen-bond acceptors (Lipinski definition) is 3. The van der Waals surface area contributed by atoms with E-state index in [2.05, 4.69) is 5.32 Å². The van der Waals surface area contributed by atoms with Gasteiger partial charge < -0.3 is 14.6 Å². The summed E-state index contributed by atoms with van der Waals surface area (Å²) in [5.41, 5.74) is 1.14. The van der Waals surface area contributed by atoms with Gasteiger partial charge in [-0.1, -0.05) is 0 Å². The van der Waals surface area contributed by atoms with Crippen LogP contribution >= 0.6 is 0 Å². The topological polar surface area (TPSA) is 60.3 Å². The highest BCUT2D eigenvalue weighted by atomic mass is 16.5. The van der Waals surface area contributed by atoms with E-state index in [1.165, 1.54) is 6.92 Å². The first kappa shape index (κ1) is 12.9. The number of aryl methyl sites for hydroxylation is 1. The third-order valence-corrected chi connectivity index (χ3v) is 2.54. The summed E-state index contributed by atoms with van der Waals surface area (Å²) in [5, 5.41) is 2.64. The molecule has 1 amide bonds. The number of nitrogens with zero attached hydrogens (tertiary/aromatic N) is 1. The van der Waals surface area contributed by atoms with Crippen LogP contribution in [0.3, 0.4) is 0 Å². The summed E-state index contributed by atoms with van der Waals surface area (Å²) in [6, 6.07) is 10.1. The Morgan fingerprint density at radius 3 is 2.37 bits per heavy atom. The number of esters is 1. The van der Waals surface area contributed by atoms with Gasteiger partial charge in [0.05, 0.1) is 0 Å². The van der Waals surface area contributed by atoms with E-state index in [9.17, 15) is 9.59 Å². The van der Waals surface area contributed by atoms with E-state index in [-0.39, 0.29) is 5.91 Å². The molecule has 2 rings (SSSR count). The van der Waals surface area contributed by atoms with Crippen LogP contribution in [0.25, 0.3) is 0 Å². The van der Waals surface area contributed by atoms with Crippen LogP contribution in [0.4, 0.5) is 5.69 Å². The average Bonchev–Trinajstić information content (AvgIpc) is 2.77. The highest BCUT2D eigenvalue weighted by Crippen LogP contribution is 2.17. The lowest BCUT2D eigenvalue weighted by atomic mass is 10.3. The van der Waals surface area contributed by atoms with Crippen molar-refractivity contribution in [2.75, 3.05) is 5.32 Å². The molecule has 0 aliphatic carbocycles. The number of benzene rings is 1. The number of hydrogen-bond donors (Lipinski definition) is 1. The zero-order valence-corrected chi connectivity index (χ0v) is 10.7. The van der Waals surface area contributed by atoms with Crippen molar-refractivity contribution in [1.82, 2.24) is 4.57 Å². The van der Waals surface area contributed by atoms with Crippen molar-refractivity contribution >= 4 is 17.6 Å². The van der Waals surface area contributed by atoms with E-state index in [1.54, 1.807) is 54.2 Å². The lowest BCUT2D eigenvalue weighted by molar-refractivity contribution is -0.114. The number of anilines is 1. The number of ether oxygens (including phenoxy) is 1. The molecule has 0 spiro atoms. The maximum Gasteiger partial charge on any atom is 0.360 e. The van der Waals surface area contributed by atoms with Crippen LogP contribution in [-0.2, 0) is 11.8 Å². The minimum absolute atomic E-state index is 0.145. The SMILES string of the molecule is CC(=O)Nc1ccc(OC(=O)c2cccn2C)cc1. The highest BCUT2D eigenvalue weighted by molar-refractivity contribution is 5.90. The number of aromatic nitrogens is 1. The van der Waals surface area contributed by atoms with Crippen molar-refractivity contribution in [2.45, 2.75) is 6.92 Å². The fourth-order valence-electron chi connectivity index (χ4n) is 1.64. The molecule has 0 fully saturated rings. The van der Waals surface area contributed by atoms with Crippen LogP contribution in [0.15, 0.2) is 42.6 Å². The molecule has 2 aromatic rings. The molecular formula is C14H14N2O3. The fourth-order valence-corrected chi connectivity index (χ4v) is 1.64. The van der Waals surface area contributed by atoms with E-state index in [1.807, 2.05) is 0 Å². The van der Waals surface area contributed by atoms with E-state index in [0.717, 1.165) is 0 Å². The lowest BCUT2D eigenvalue weighted by Crippen LogP contribution is -2.12. The van der Waals surface area contributed by atoms with Gasteiger partial charge in [-0.3, -0.25) is 4.79 Å². The Kier molecular flexibility index (Phi) is 3.66. The van der Waals surface area contributed by atoms with Crippen molar-refractivity contribution < 1.29 is 14.3 Å². The Bertz CT molecular complexity index is 599. The maximum atomic E-state index is 11.8. The van der Waals surface area contributed by atoms with Crippen LogP contribution < -0.4 is 10.1 Å². The standard InChI is InChI=1S/C14H14N2O3/c1-10(17)15-11-5-7-12(8-6-11)19-14(18)13-4-3-9-16(13)2/h3-9H,1-2H3,(H,15,17). The minimum Gasteiger partial charge on any atom is -0.422 e. The summed E-state index contributed by atoms with van der Waals surface area (Å²) in [5.74, 6) is -0.131. The molecule has 1 heterocycles. The summed E-state index contributed by atoms with van der Waals surface area (Å²) in [6.45, 7) is 1.43. The lowest BCUT2D eigenvalue weighted by Gasteiger charge is -2.06. The Labute approximate surface area is 110 Å². The van der Waals surface area contributed by atoms with Crippen LogP contribution in [0.1, 0.15) is 17.4 Å². The van der Waals surface area contributed by atoms with Gasteiger partial charge in [0.2, 0.25) is 5.91 Å². The van der Waals surface area contributed by atoms with Gasteiger partial charge in [-0.15, -0.1) is 0 Å². The normalized spacial score (nSPS) is 10.0. The quantitative estimate of drug-likeness (QED) is 0.678. The first-order chi connectivity index (χ1) is 9.06.